The summed E-state index contributed by atoms with van der Waals surface area (Å²) in [5, 5.41) is 3.04. The lowest BCUT2D eigenvalue weighted by molar-refractivity contribution is -0.119. The standard InChI is InChI=1S/C19H21N3O2S/c20-17(23)11-12-22(14-16-9-5-2-6-10-16)19(25)21-18(24)13-15-7-3-1-4-8-15/h1-10H,11-14H2,(H2,20,23)(H,21,24,25). The Labute approximate surface area is 152 Å². The van der Waals surface area contributed by atoms with E-state index in [0.717, 1.165) is 11.1 Å². The number of hydrogen-bond acceptors (Lipinski definition) is 3. The molecule has 2 aromatic carbocycles. The fourth-order valence-electron chi connectivity index (χ4n) is 2.33. The second-order valence-electron chi connectivity index (χ2n) is 5.64. The number of benzene rings is 2. The topological polar surface area (TPSA) is 75.4 Å². The summed E-state index contributed by atoms with van der Waals surface area (Å²) in [5.74, 6) is -0.593. The average Bonchev–Trinajstić information content (AvgIpc) is 2.60. The van der Waals surface area contributed by atoms with Crippen LogP contribution in [0.3, 0.4) is 0 Å². The van der Waals surface area contributed by atoms with Gasteiger partial charge in [-0.25, -0.2) is 0 Å². The lowest BCUT2D eigenvalue weighted by Gasteiger charge is -2.25. The molecule has 130 valence electrons. The maximum atomic E-state index is 12.2. The summed E-state index contributed by atoms with van der Waals surface area (Å²) < 4.78 is 0. The predicted molar refractivity (Wildman–Crippen MR) is 102 cm³/mol. The van der Waals surface area contributed by atoms with E-state index in [1.807, 2.05) is 60.7 Å². The molecular formula is C19H21N3O2S. The van der Waals surface area contributed by atoms with Gasteiger partial charge in [0, 0.05) is 19.5 Å². The number of nitrogens with one attached hydrogen (secondary N) is 1. The molecule has 25 heavy (non-hydrogen) atoms. The quantitative estimate of drug-likeness (QED) is 0.745. The van der Waals surface area contributed by atoms with E-state index in [1.54, 1.807) is 4.90 Å². The zero-order chi connectivity index (χ0) is 18.1. The van der Waals surface area contributed by atoms with Crippen LogP contribution in [-0.2, 0) is 22.6 Å². The van der Waals surface area contributed by atoms with Crippen molar-refractivity contribution >= 4 is 29.1 Å². The summed E-state index contributed by atoms with van der Waals surface area (Å²) in [4.78, 5) is 25.1. The first kappa shape index (κ1) is 18.6. The fraction of sp³-hybridized carbons (Fsp3) is 0.211. The average molecular weight is 355 g/mol. The molecule has 3 N–H and O–H groups in total. The van der Waals surface area contributed by atoms with E-state index < -0.39 is 5.91 Å². The highest BCUT2D eigenvalue weighted by molar-refractivity contribution is 7.80. The van der Waals surface area contributed by atoms with Crippen molar-refractivity contribution in [2.45, 2.75) is 19.4 Å². The minimum Gasteiger partial charge on any atom is -0.370 e. The maximum absolute atomic E-state index is 12.2. The molecule has 0 saturated carbocycles. The van der Waals surface area contributed by atoms with Gasteiger partial charge in [0.1, 0.15) is 0 Å². The zero-order valence-electron chi connectivity index (χ0n) is 13.9. The van der Waals surface area contributed by atoms with Crippen LogP contribution in [0.5, 0.6) is 0 Å². The molecule has 2 aromatic rings. The van der Waals surface area contributed by atoms with E-state index in [-0.39, 0.29) is 18.7 Å². The fourth-order valence-corrected chi connectivity index (χ4v) is 2.59. The van der Waals surface area contributed by atoms with E-state index in [9.17, 15) is 9.59 Å². The van der Waals surface area contributed by atoms with Crippen LogP contribution in [0.2, 0.25) is 0 Å². The minimum absolute atomic E-state index is 0.168. The molecule has 0 spiro atoms. The Hall–Kier alpha value is -2.73. The number of thiocarbonyl (C=S) groups is 1. The number of amides is 2. The van der Waals surface area contributed by atoms with Crippen LogP contribution in [0.4, 0.5) is 0 Å². The highest BCUT2D eigenvalue weighted by Crippen LogP contribution is 2.06. The van der Waals surface area contributed by atoms with Gasteiger partial charge in [-0.05, 0) is 23.3 Å². The molecule has 0 fully saturated rings. The van der Waals surface area contributed by atoms with Crippen molar-refractivity contribution in [2.75, 3.05) is 6.54 Å². The number of nitrogens with two attached hydrogens (primary N) is 1. The Morgan fingerprint density at radius 3 is 2.08 bits per heavy atom. The first-order valence-corrected chi connectivity index (χ1v) is 8.40. The van der Waals surface area contributed by atoms with Crippen LogP contribution in [0.15, 0.2) is 60.7 Å². The van der Waals surface area contributed by atoms with Gasteiger partial charge in [-0.3, -0.25) is 9.59 Å². The van der Waals surface area contributed by atoms with Crippen molar-refractivity contribution in [2.24, 2.45) is 5.73 Å². The van der Waals surface area contributed by atoms with Crippen LogP contribution >= 0.6 is 12.2 Å². The third-order valence-electron chi connectivity index (χ3n) is 3.59. The number of nitrogens with zero attached hydrogens (tertiary/aromatic N) is 1. The van der Waals surface area contributed by atoms with Crippen molar-refractivity contribution < 1.29 is 9.59 Å². The maximum Gasteiger partial charge on any atom is 0.230 e. The Bertz CT molecular complexity index is 720. The van der Waals surface area contributed by atoms with Crippen LogP contribution in [0.25, 0.3) is 0 Å². The summed E-state index contributed by atoms with van der Waals surface area (Å²) in [7, 11) is 0. The highest BCUT2D eigenvalue weighted by atomic mass is 32.1. The van der Waals surface area contributed by atoms with Gasteiger partial charge in [0.15, 0.2) is 5.11 Å². The van der Waals surface area contributed by atoms with E-state index >= 15 is 0 Å². The Morgan fingerprint density at radius 2 is 1.52 bits per heavy atom. The molecule has 0 atom stereocenters. The summed E-state index contributed by atoms with van der Waals surface area (Å²) >= 11 is 5.36. The molecular weight excluding hydrogens is 334 g/mol. The van der Waals surface area contributed by atoms with Gasteiger partial charge in [-0.1, -0.05) is 60.7 Å². The summed E-state index contributed by atoms with van der Waals surface area (Å²) in [6.45, 7) is 0.854. The van der Waals surface area contributed by atoms with Crippen LogP contribution in [-0.4, -0.2) is 28.4 Å². The van der Waals surface area contributed by atoms with Gasteiger partial charge in [-0.2, -0.15) is 0 Å². The molecule has 0 aliphatic heterocycles. The van der Waals surface area contributed by atoms with E-state index in [1.165, 1.54) is 0 Å². The van der Waals surface area contributed by atoms with Crippen molar-refractivity contribution in [3.8, 4) is 0 Å². The van der Waals surface area contributed by atoms with Crippen LogP contribution in [0, 0.1) is 0 Å². The monoisotopic (exact) mass is 355 g/mol. The molecule has 0 heterocycles. The first-order valence-electron chi connectivity index (χ1n) is 7.99. The van der Waals surface area contributed by atoms with E-state index in [4.69, 9.17) is 18.0 Å². The molecule has 0 bridgehead atoms. The molecule has 0 aliphatic rings. The number of carbonyl (C=O) groups excluding carboxylic acids is 2. The lowest BCUT2D eigenvalue weighted by atomic mass is 10.1. The van der Waals surface area contributed by atoms with Crippen LogP contribution in [0.1, 0.15) is 17.5 Å². The third kappa shape index (κ3) is 6.73. The van der Waals surface area contributed by atoms with E-state index in [2.05, 4.69) is 5.32 Å². The van der Waals surface area contributed by atoms with E-state index in [0.29, 0.717) is 18.2 Å². The molecule has 0 radical (unpaired) electrons. The van der Waals surface area contributed by atoms with Crippen LogP contribution < -0.4 is 11.1 Å². The first-order chi connectivity index (χ1) is 12.0. The summed E-state index contributed by atoms with van der Waals surface area (Å²) in [5.41, 5.74) is 7.19. The number of rotatable bonds is 7. The van der Waals surface area contributed by atoms with Crippen molar-refractivity contribution in [3.05, 3.63) is 71.8 Å². The molecule has 0 aliphatic carbocycles. The largest absolute Gasteiger partial charge is 0.370 e. The normalized spacial score (nSPS) is 10.1. The molecule has 0 saturated heterocycles. The SMILES string of the molecule is NC(=O)CCN(Cc1ccccc1)C(=S)NC(=O)Cc1ccccc1. The molecule has 5 nitrogen and oxygen atoms in total. The van der Waals surface area contributed by atoms with Gasteiger partial charge >= 0.3 is 0 Å². The summed E-state index contributed by atoms with van der Waals surface area (Å²) in [6.07, 6.45) is 0.414. The molecule has 6 heteroatoms. The second-order valence-corrected chi connectivity index (χ2v) is 6.03. The highest BCUT2D eigenvalue weighted by Gasteiger charge is 2.14. The van der Waals surface area contributed by atoms with Gasteiger partial charge in [0.25, 0.3) is 0 Å². The lowest BCUT2D eigenvalue weighted by Crippen LogP contribution is -2.44. The molecule has 2 amide bonds. The van der Waals surface area contributed by atoms with Gasteiger partial charge in [0.2, 0.25) is 11.8 Å². The zero-order valence-corrected chi connectivity index (χ0v) is 14.7. The Kier molecular flexibility index (Phi) is 7.10. The number of primary amides is 1. The molecule has 2 rings (SSSR count). The van der Waals surface area contributed by atoms with Gasteiger partial charge in [0.05, 0.1) is 6.42 Å². The minimum atomic E-state index is -0.406. The van der Waals surface area contributed by atoms with Crippen molar-refractivity contribution in [1.29, 1.82) is 0 Å². The third-order valence-corrected chi connectivity index (χ3v) is 3.95. The predicted octanol–water partition coefficient (Wildman–Crippen LogP) is 2.01. The number of carbonyl (C=O) groups is 2. The number of hydrogen-bond donors (Lipinski definition) is 2. The Morgan fingerprint density at radius 1 is 0.960 bits per heavy atom. The van der Waals surface area contributed by atoms with Crippen molar-refractivity contribution in [1.82, 2.24) is 10.2 Å². The van der Waals surface area contributed by atoms with Gasteiger partial charge in [-0.15, -0.1) is 0 Å². The Balaban J connectivity index is 1.98. The summed E-state index contributed by atoms with van der Waals surface area (Å²) in [6, 6.07) is 19.2. The molecule has 0 unspecified atom stereocenters. The molecule has 0 aromatic heterocycles. The van der Waals surface area contributed by atoms with Crippen molar-refractivity contribution in [3.63, 3.8) is 0 Å². The second kappa shape index (κ2) is 9.54. The van der Waals surface area contributed by atoms with Gasteiger partial charge < -0.3 is 16.0 Å². The smallest absolute Gasteiger partial charge is 0.230 e.